The molecule has 3 nitrogen and oxygen atoms in total. The number of hydrogen-bond acceptors (Lipinski definition) is 3. The van der Waals surface area contributed by atoms with E-state index < -0.39 is 0 Å². The third-order valence-corrected chi connectivity index (χ3v) is 5.21. The maximum Gasteiger partial charge on any atom is 0.228 e. The number of nitrogens with zero attached hydrogens (tertiary/aromatic N) is 2. The molecule has 0 spiro atoms. The zero-order valence-corrected chi connectivity index (χ0v) is 13.8. The number of aromatic nitrogens is 1. The van der Waals surface area contributed by atoms with Gasteiger partial charge in [0.05, 0.1) is 6.42 Å². The summed E-state index contributed by atoms with van der Waals surface area (Å²) in [6.07, 6.45) is 6.79. The molecule has 0 bridgehead atoms. The molecule has 4 heteroatoms. The fourth-order valence-corrected chi connectivity index (χ4v) is 3.92. The lowest BCUT2D eigenvalue weighted by Gasteiger charge is -2.24. The topological polar surface area (TPSA) is 33.2 Å². The first kappa shape index (κ1) is 15.2. The van der Waals surface area contributed by atoms with Crippen LogP contribution in [-0.4, -0.2) is 28.4 Å². The van der Waals surface area contributed by atoms with Gasteiger partial charge in [0.15, 0.2) is 0 Å². The van der Waals surface area contributed by atoms with E-state index >= 15 is 0 Å². The van der Waals surface area contributed by atoms with E-state index in [9.17, 15) is 4.79 Å². The highest BCUT2D eigenvalue weighted by molar-refractivity contribution is 7.10. The van der Waals surface area contributed by atoms with Crippen LogP contribution in [0.25, 0.3) is 0 Å². The van der Waals surface area contributed by atoms with Gasteiger partial charge in [-0.25, -0.2) is 0 Å². The maximum atomic E-state index is 12.5. The Balaban J connectivity index is 1.57. The second-order valence-corrected chi connectivity index (χ2v) is 7.02. The molecule has 2 aromatic heterocycles. The van der Waals surface area contributed by atoms with Crippen molar-refractivity contribution in [2.45, 2.75) is 45.1 Å². The van der Waals surface area contributed by atoms with E-state index in [1.54, 1.807) is 11.3 Å². The summed E-state index contributed by atoms with van der Waals surface area (Å²) in [5, 5.41) is 2.04. The van der Waals surface area contributed by atoms with E-state index in [0.717, 1.165) is 37.9 Å². The molecule has 2 aromatic rings. The molecule has 1 aliphatic heterocycles. The van der Waals surface area contributed by atoms with E-state index in [-0.39, 0.29) is 5.91 Å². The minimum Gasteiger partial charge on any atom is -0.339 e. The van der Waals surface area contributed by atoms with Crippen molar-refractivity contribution in [3.63, 3.8) is 0 Å². The number of carbonyl (C=O) groups is 1. The van der Waals surface area contributed by atoms with Crippen LogP contribution in [0.3, 0.4) is 0 Å². The Morgan fingerprint density at radius 1 is 1.45 bits per heavy atom. The maximum absolute atomic E-state index is 12.5. The minimum atomic E-state index is 0.288. The summed E-state index contributed by atoms with van der Waals surface area (Å²) in [4.78, 5) is 20.0. The second-order valence-electron chi connectivity index (χ2n) is 5.98. The number of amides is 1. The van der Waals surface area contributed by atoms with E-state index in [4.69, 9.17) is 0 Å². The molecular weight excluding hydrogens is 292 g/mol. The molecule has 3 heterocycles. The van der Waals surface area contributed by atoms with E-state index in [1.165, 1.54) is 10.4 Å². The Labute approximate surface area is 136 Å². The molecule has 1 aliphatic rings. The largest absolute Gasteiger partial charge is 0.339 e. The van der Waals surface area contributed by atoms with Crippen molar-refractivity contribution < 1.29 is 4.79 Å². The summed E-state index contributed by atoms with van der Waals surface area (Å²) in [7, 11) is 0. The van der Waals surface area contributed by atoms with Crippen LogP contribution in [0.1, 0.15) is 35.4 Å². The number of rotatable bonds is 5. The molecule has 0 radical (unpaired) electrons. The predicted octanol–water partition coefficient (Wildman–Crippen LogP) is 3.62. The fourth-order valence-electron chi connectivity index (χ4n) is 3.22. The van der Waals surface area contributed by atoms with Gasteiger partial charge >= 0.3 is 0 Å². The number of thiophene rings is 1. The Bertz CT molecular complexity index is 624. The van der Waals surface area contributed by atoms with Crippen LogP contribution < -0.4 is 0 Å². The number of pyridine rings is 1. The van der Waals surface area contributed by atoms with Gasteiger partial charge in [0, 0.05) is 29.4 Å². The monoisotopic (exact) mass is 314 g/mol. The van der Waals surface area contributed by atoms with Gasteiger partial charge in [0.2, 0.25) is 5.91 Å². The summed E-state index contributed by atoms with van der Waals surface area (Å²) in [6, 6.07) is 8.70. The highest BCUT2D eigenvalue weighted by atomic mass is 32.1. The SMILES string of the molecule is Cc1cc(CC[C@H]2CCCN2C(=O)Cc2cccs2)ccn1. The first-order valence-electron chi connectivity index (χ1n) is 7.96. The third kappa shape index (κ3) is 3.74. The molecular formula is C18H22N2OS. The molecule has 0 unspecified atom stereocenters. The highest BCUT2D eigenvalue weighted by Gasteiger charge is 2.28. The number of aryl methyl sites for hydroxylation is 2. The first-order chi connectivity index (χ1) is 10.7. The van der Waals surface area contributed by atoms with E-state index in [2.05, 4.69) is 22.0 Å². The van der Waals surface area contributed by atoms with Crippen LogP contribution in [0, 0.1) is 6.92 Å². The van der Waals surface area contributed by atoms with Crippen molar-refractivity contribution in [2.24, 2.45) is 0 Å². The van der Waals surface area contributed by atoms with Crippen LogP contribution >= 0.6 is 11.3 Å². The minimum absolute atomic E-state index is 0.288. The van der Waals surface area contributed by atoms with Crippen LogP contribution in [0.15, 0.2) is 35.8 Å². The van der Waals surface area contributed by atoms with Crippen molar-refractivity contribution in [3.8, 4) is 0 Å². The van der Waals surface area contributed by atoms with Gasteiger partial charge in [0.1, 0.15) is 0 Å². The number of carbonyl (C=O) groups excluding carboxylic acids is 1. The lowest BCUT2D eigenvalue weighted by atomic mass is 10.0. The van der Waals surface area contributed by atoms with Crippen LogP contribution in [0.4, 0.5) is 0 Å². The molecule has 3 rings (SSSR count). The Morgan fingerprint density at radius 2 is 2.36 bits per heavy atom. The Kier molecular flexibility index (Phi) is 4.88. The van der Waals surface area contributed by atoms with E-state index in [1.807, 2.05) is 30.6 Å². The molecule has 0 N–H and O–H groups in total. The van der Waals surface area contributed by atoms with E-state index in [0.29, 0.717) is 12.5 Å². The fraction of sp³-hybridized carbons (Fsp3) is 0.444. The summed E-state index contributed by atoms with van der Waals surface area (Å²) in [5.41, 5.74) is 2.39. The summed E-state index contributed by atoms with van der Waals surface area (Å²) in [5.74, 6) is 0.288. The Hall–Kier alpha value is -1.68. The summed E-state index contributed by atoms with van der Waals surface area (Å²) in [6.45, 7) is 2.94. The van der Waals surface area contributed by atoms with Crippen molar-refractivity contribution >= 4 is 17.2 Å². The van der Waals surface area contributed by atoms with Crippen molar-refractivity contribution in [1.29, 1.82) is 0 Å². The van der Waals surface area contributed by atoms with Gasteiger partial charge in [-0.2, -0.15) is 0 Å². The molecule has 1 atom stereocenters. The zero-order valence-electron chi connectivity index (χ0n) is 13.0. The molecule has 1 saturated heterocycles. The molecule has 0 aliphatic carbocycles. The smallest absolute Gasteiger partial charge is 0.228 e. The number of hydrogen-bond donors (Lipinski definition) is 0. The lowest BCUT2D eigenvalue weighted by molar-refractivity contribution is -0.131. The van der Waals surface area contributed by atoms with Gasteiger partial charge in [-0.15, -0.1) is 11.3 Å². The average molecular weight is 314 g/mol. The van der Waals surface area contributed by atoms with Crippen LogP contribution in [0.5, 0.6) is 0 Å². The molecule has 0 saturated carbocycles. The molecule has 1 amide bonds. The van der Waals surface area contributed by atoms with Gasteiger partial charge in [0.25, 0.3) is 0 Å². The standard InChI is InChI=1S/C18H22N2OS/c1-14-12-15(8-9-19-14)6-7-16-4-2-10-20(16)18(21)13-17-5-3-11-22-17/h3,5,8-9,11-12,16H,2,4,6-7,10,13H2,1H3/t16-/m1/s1. The third-order valence-electron chi connectivity index (χ3n) is 4.33. The molecule has 1 fully saturated rings. The van der Waals surface area contributed by atoms with Gasteiger partial charge < -0.3 is 4.90 Å². The second kappa shape index (κ2) is 7.05. The number of likely N-dealkylation sites (tertiary alicyclic amines) is 1. The van der Waals surface area contributed by atoms with Crippen LogP contribution in [0.2, 0.25) is 0 Å². The van der Waals surface area contributed by atoms with Gasteiger partial charge in [-0.3, -0.25) is 9.78 Å². The molecule has 0 aromatic carbocycles. The zero-order chi connectivity index (χ0) is 15.4. The summed E-state index contributed by atoms with van der Waals surface area (Å²) >= 11 is 1.67. The first-order valence-corrected chi connectivity index (χ1v) is 8.84. The van der Waals surface area contributed by atoms with Crippen LogP contribution in [-0.2, 0) is 17.6 Å². The molecule has 22 heavy (non-hydrogen) atoms. The highest BCUT2D eigenvalue weighted by Crippen LogP contribution is 2.23. The lowest BCUT2D eigenvalue weighted by Crippen LogP contribution is -2.36. The van der Waals surface area contributed by atoms with Gasteiger partial charge in [-0.1, -0.05) is 6.07 Å². The van der Waals surface area contributed by atoms with Crippen molar-refractivity contribution in [3.05, 3.63) is 52.0 Å². The van der Waals surface area contributed by atoms with Gasteiger partial charge in [-0.05, 0) is 61.7 Å². The summed E-state index contributed by atoms with van der Waals surface area (Å²) < 4.78 is 0. The van der Waals surface area contributed by atoms with Crippen molar-refractivity contribution in [1.82, 2.24) is 9.88 Å². The normalized spacial score (nSPS) is 17.9. The average Bonchev–Trinajstić information content (AvgIpc) is 3.16. The molecule has 116 valence electrons. The quantitative estimate of drug-likeness (QED) is 0.844. The predicted molar refractivity (Wildman–Crippen MR) is 90.1 cm³/mol. The Morgan fingerprint density at radius 3 is 3.14 bits per heavy atom. The van der Waals surface area contributed by atoms with Crippen molar-refractivity contribution in [2.75, 3.05) is 6.54 Å².